The lowest BCUT2D eigenvalue weighted by atomic mass is 9.99. The zero-order valence-corrected chi connectivity index (χ0v) is 15.1. The molecule has 2 heterocycles. The summed E-state index contributed by atoms with van der Waals surface area (Å²) in [5.41, 5.74) is 2.68. The van der Waals surface area contributed by atoms with Gasteiger partial charge < -0.3 is 9.80 Å². The second-order valence-corrected chi connectivity index (χ2v) is 7.83. The first-order valence-electron chi connectivity index (χ1n) is 9.57. The maximum Gasteiger partial charge on any atom is 0.269 e. The molecule has 1 aliphatic carbocycles. The van der Waals surface area contributed by atoms with Crippen LogP contribution in [0.2, 0.25) is 0 Å². The van der Waals surface area contributed by atoms with Gasteiger partial charge in [-0.05, 0) is 50.3 Å². The summed E-state index contributed by atoms with van der Waals surface area (Å²) >= 11 is 0. The monoisotopic (exact) mass is 344 g/mol. The van der Waals surface area contributed by atoms with Crippen LogP contribution in [0.25, 0.3) is 0 Å². The average Bonchev–Trinajstić information content (AvgIpc) is 3.47. The molecule has 1 saturated carbocycles. The Morgan fingerprint density at radius 2 is 1.68 bits per heavy atom. The lowest BCUT2D eigenvalue weighted by Gasteiger charge is -2.43. The van der Waals surface area contributed by atoms with Gasteiger partial charge in [-0.3, -0.25) is 15.0 Å². The number of non-ortho nitro benzene ring substituents is 1. The molecule has 0 spiro atoms. The Hall–Kier alpha value is -1.66. The van der Waals surface area contributed by atoms with E-state index in [0.717, 1.165) is 13.1 Å². The summed E-state index contributed by atoms with van der Waals surface area (Å²) in [5.74, 6) is 0.533. The maximum absolute atomic E-state index is 11.1. The van der Waals surface area contributed by atoms with E-state index in [2.05, 4.69) is 21.7 Å². The Morgan fingerprint density at radius 1 is 1.00 bits per heavy atom. The fourth-order valence-corrected chi connectivity index (χ4v) is 4.32. The Kier molecular flexibility index (Phi) is 4.65. The van der Waals surface area contributed by atoms with E-state index < -0.39 is 0 Å². The molecule has 0 N–H and O–H groups in total. The van der Waals surface area contributed by atoms with Gasteiger partial charge in [-0.1, -0.05) is 0 Å². The van der Waals surface area contributed by atoms with Crippen molar-refractivity contribution in [1.82, 2.24) is 9.80 Å². The van der Waals surface area contributed by atoms with Crippen LogP contribution < -0.4 is 4.90 Å². The largest absolute Gasteiger partial charge is 0.371 e. The Balaban J connectivity index is 1.43. The molecule has 1 aromatic carbocycles. The van der Waals surface area contributed by atoms with E-state index in [1.54, 1.807) is 6.07 Å². The molecule has 4 rings (SSSR count). The molecule has 0 unspecified atom stereocenters. The third kappa shape index (κ3) is 3.65. The van der Waals surface area contributed by atoms with Gasteiger partial charge in [-0.25, -0.2) is 0 Å². The normalized spacial score (nSPS) is 23.8. The summed E-state index contributed by atoms with van der Waals surface area (Å²) in [4.78, 5) is 18.4. The highest BCUT2D eigenvalue weighted by molar-refractivity contribution is 5.60. The van der Waals surface area contributed by atoms with Crippen molar-refractivity contribution in [2.75, 3.05) is 51.2 Å². The zero-order valence-electron chi connectivity index (χ0n) is 15.1. The predicted molar refractivity (Wildman–Crippen MR) is 99.4 cm³/mol. The summed E-state index contributed by atoms with van der Waals surface area (Å²) in [7, 11) is 2.20. The molecule has 0 radical (unpaired) electrons. The molecule has 136 valence electrons. The van der Waals surface area contributed by atoms with Gasteiger partial charge in [-0.15, -0.1) is 0 Å². The standard InChI is InChI=1S/C19H28N4O2/c1-20-10-12-21(13-11-20)16-6-8-22(9-7-16)19-5-4-17(23(24)25)14-18(19)15-2-3-15/h4-5,14-16H,2-3,6-13H2,1H3. The van der Waals surface area contributed by atoms with E-state index in [4.69, 9.17) is 0 Å². The highest BCUT2D eigenvalue weighted by Crippen LogP contribution is 2.46. The van der Waals surface area contributed by atoms with Crippen molar-refractivity contribution in [2.45, 2.75) is 37.6 Å². The van der Waals surface area contributed by atoms with Crippen LogP contribution in [0.5, 0.6) is 0 Å². The maximum atomic E-state index is 11.1. The van der Waals surface area contributed by atoms with E-state index in [1.807, 2.05) is 12.1 Å². The van der Waals surface area contributed by atoms with Crippen LogP contribution in [0.1, 0.15) is 37.2 Å². The molecule has 3 aliphatic rings. The van der Waals surface area contributed by atoms with Crippen LogP contribution in [0.3, 0.4) is 0 Å². The minimum absolute atomic E-state index is 0.234. The number of hydrogen-bond donors (Lipinski definition) is 0. The third-order valence-corrected chi connectivity index (χ3v) is 6.10. The molecule has 0 amide bonds. The number of rotatable bonds is 4. The van der Waals surface area contributed by atoms with Crippen molar-refractivity contribution in [1.29, 1.82) is 0 Å². The minimum atomic E-state index is -0.269. The Labute approximate surface area is 149 Å². The third-order valence-electron chi connectivity index (χ3n) is 6.10. The molecule has 0 atom stereocenters. The summed E-state index contributed by atoms with van der Waals surface area (Å²) in [6.45, 7) is 6.85. The molecule has 25 heavy (non-hydrogen) atoms. The lowest BCUT2D eigenvalue weighted by molar-refractivity contribution is -0.384. The summed E-state index contributed by atoms with van der Waals surface area (Å²) in [6, 6.07) is 6.18. The van der Waals surface area contributed by atoms with Gasteiger partial charge in [0.15, 0.2) is 0 Å². The van der Waals surface area contributed by atoms with Crippen LogP contribution in [-0.4, -0.2) is 67.1 Å². The van der Waals surface area contributed by atoms with E-state index in [9.17, 15) is 10.1 Å². The number of nitro benzene ring substituents is 1. The van der Waals surface area contributed by atoms with Gasteiger partial charge in [-0.2, -0.15) is 0 Å². The number of nitro groups is 1. The van der Waals surface area contributed by atoms with Gasteiger partial charge in [0.05, 0.1) is 4.92 Å². The van der Waals surface area contributed by atoms with Crippen molar-refractivity contribution in [3.8, 4) is 0 Å². The van der Waals surface area contributed by atoms with Crippen molar-refractivity contribution in [2.24, 2.45) is 0 Å². The fraction of sp³-hybridized carbons (Fsp3) is 0.684. The number of nitrogens with zero attached hydrogens (tertiary/aromatic N) is 4. The average molecular weight is 344 g/mol. The predicted octanol–water partition coefficient (Wildman–Crippen LogP) is 2.69. The lowest BCUT2D eigenvalue weighted by Crippen LogP contribution is -2.52. The molecule has 0 bridgehead atoms. The van der Waals surface area contributed by atoms with Crippen LogP contribution in [-0.2, 0) is 0 Å². The second-order valence-electron chi connectivity index (χ2n) is 7.83. The summed E-state index contributed by atoms with van der Waals surface area (Å²) in [5, 5.41) is 11.1. The van der Waals surface area contributed by atoms with Gasteiger partial charge in [0.2, 0.25) is 0 Å². The van der Waals surface area contributed by atoms with Gasteiger partial charge in [0, 0.05) is 63.1 Å². The highest BCUT2D eigenvalue weighted by atomic mass is 16.6. The van der Waals surface area contributed by atoms with Crippen molar-refractivity contribution >= 4 is 11.4 Å². The highest BCUT2D eigenvalue weighted by Gasteiger charge is 2.32. The molecule has 0 aromatic heterocycles. The first kappa shape index (κ1) is 16.8. The number of piperazine rings is 1. The van der Waals surface area contributed by atoms with Crippen LogP contribution in [0.15, 0.2) is 18.2 Å². The molecular formula is C19H28N4O2. The smallest absolute Gasteiger partial charge is 0.269 e. The van der Waals surface area contributed by atoms with Gasteiger partial charge in [0.1, 0.15) is 0 Å². The molecule has 2 aliphatic heterocycles. The Morgan fingerprint density at radius 3 is 2.28 bits per heavy atom. The zero-order chi connectivity index (χ0) is 17.4. The molecule has 6 nitrogen and oxygen atoms in total. The fourth-order valence-electron chi connectivity index (χ4n) is 4.32. The SMILES string of the molecule is CN1CCN(C2CCN(c3ccc([N+](=O)[O-])cc3C3CC3)CC2)CC1. The van der Waals surface area contributed by atoms with E-state index in [0.29, 0.717) is 12.0 Å². The van der Waals surface area contributed by atoms with Gasteiger partial charge >= 0.3 is 0 Å². The van der Waals surface area contributed by atoms with E-state index >= 15 is 0 Å². The van der Waals surface area contributed by atoms with E-state index in [1.165, 1.54) is 63.1 Å². The second kappa shape index (κ2) is 6.92. The van der Waals surface area contributed by atoms with Crippen molar-refractivity contribution < 1.29 is 4.92 Å². The van der Waals surface area contributed by atoms with Crippen molar-refractivity contribution in [3.63, 3.8) is 0 Å². The topological polar surface area (TPSA) is 52.9 Å². The molecule has 2 saturated heterocycles. The number of piperidine rings is 1. The van der Waals surface area contributed by atoms with Crippen LogP contribution in [0.4, 0.5) is 11.4 Å². The molecular weight excluding hydrogens is 316 g/mol. The number of benzene rings is 1. The van der Waals surface area contributed by atoms with Crippen molar-refractivity contribution in [3.05, 3.63) is 33.9 Å². The van der Waals surface area contributed by atoms with Gasteiger partial charge in [0.25, 0.3) is 5.69 Å². The van der Waals surface area contributed by atoms with Crippen LogP contribution in [0, 0.1) is 10.1 Å². The molecule has 6 heteroatoms. The first-order chi connectivity index (χ1) is 12.1. The molecule has 1 aromatic rings. The molecule has 3 fully saturated rings. The number of likely N-dealkylation sites (N-methyl/N-ethyl adjacent to an activating group) is 1. The van der Waals surface area contributed by atoms with E-state index in [-0.39, 0.29) is 10.6 Å². The quantitative estimate of drug-likeness (QED) is 0.621. The Bertz CT molecular complexity index is 630. The number of anilines is 1. The first-order valence-corrected chi connectivity index (χ1v) is 9.57. The number of hydrogen-bond acceptors (Lipinski definition) is 5. The summed E-state index contributed by atoms with van der Waals surface area (Å²) < 4.78 is 0. The van der Waals surface area contributed by atoms with Crippen LogP contribution >= 0.6 is 0 Å². The minimum Gasteiger partial charge on any atom is -0.371 e. The summed E-state index contributed by atoms with van der Waals surface area (Å²) in [6.07, 6.45) is 4.74.